The van der Waals surface area contributed by atoms with Crippen molar-refractivity contribution < 1.29 is 9.53 Å². The van der Waals surface area contributed by atoms with E-state index >= 15 is 0 Å². The molecule has 0 saturated carbocycles. The summed E-state index contributed by atoms with van der Waals surface area (Å²) in [5, 5.41) is 5.64. The highest BCUT2D eigenvalue weighted by Crippen LogP contribution is 2.12. The number of carbonyl (C=O) groups excluding carboxylic acids is 1. The van der Waals surface area contributed by atoms with Crippen molar-refractivity contribution in [3.05, 3.63) is 48.6 Å². The Morgan fingerprint density at radius 2 is 2.10 bits per heavy atom. The number of carbonyl (C=O) groups is 1. The molecule has 0 radical (unpaired) electrons. The summed E-state index contributed by atoms with van der Waals surface area (Å²) in [6, 6.07) is 7.47. The van der Waals surface area contributed by atoms with Gasteiger partial charge in [-0.1, -0.05) is 18.2 Å². The summed E-state index contributed by atoms with van der Waals surface area (Å²) in [4.78, 5) is 11.6. The van der Waals surface area contributed by atoms with Gasteiger partial charge in [-0.25, -0.2) is 0 Å². The van der Waals surface area contributed by atoms with Gasteiger partial charge in [-0.15, -0.1) is 6.58 Å². The Bertz CT molecular complexity index is 495. The van der Waals surface area contributed by atoms with Gasteiger partial charge in [0.15, 0.2) is 5.11 Å². The highest BCUT2D eigenvalue weighted by Gasteiger charge is 1.99. The van der Waals surface area contributed by atoms with Crippen molar-refractivity contribution in [2.45, 2.75) is 6.92 Å². The molecule has 0 saturated heterocycles. The summed E-state index contributed by atoms with van der Waals surface area (Å²) in [5.74, 6) is 0.532. The lowest BCUT2D eigenvalue weighted by molar-refractivity contribution is -0.115. The van der Waals surface area contributed by atoms with E-state index in [1.807, 2.05) is 31.2 Å². The van der Waals surface area contributed by atoms with Crippen LogP contribution in [0.5, 0.6) is 5.75 Å². The molecule has 0 spiro atoms. The van der Waals surface area contributed by atoms with E-state index in [0.717, 1.165) is 11.3 Å². The van der Waals surface area contributed by atoms with Gasteiger partial charge in [0.1, 0.15) is 5.75 Å². The molecule has 1 aromatic rings. The van der Waals surface area contributed by atoms with E-state index in [-0.39, 0.29) is 11.0 Å². The molecule has 1 aromatic carbocycles. The molecule has 1 amide bonds. The van der Waals surface area contributed by atoms with Crippen LogP contribution in [0.15, 0.2) is 43.0 Å². The zero-order valence-electron chi connectivity index (χ0n) is 11.4. The van der Waals surface area contributed by atoms with Gasteiger partial charge in [0.05, 0.1) is 6.61 Å². The molecule has 0 unspecified atom stereocenters. The normalized spacial score (nSPS) is 10.1. The maximum absolute atomic E-state index is 11.6. The second-order valence-corrected chi connectivity index (χ2v) is 4.23. The summed E-state index contributed by atoms with van der Waals surface area (Å²) in [6.45, 7) is 6.63. The van der Waals surface area contributed by atoms with Crippen LogP contribution < -0.4 is 15.4 Å². The number of ether oxygens (including phenoxy) is 1. The van der Waals surface area contributed by atoms with E-state index in [2.05, 4.69) is 17.2 Å². The zero-order valence-corrected chi connectivity index (χ0v) is 12.2. The molecule has 0 aromatic heterocycles. The maximum Gasteiger partial charge on any atom is 0.250 e. The second-order valence-electron chi connectivity index (χ2n) is 3.82. The predicted octanol–water partition coefficient (Wildman–Crippen LogP) is 2.28. The Labute approximate surface area is 124 Å². The summed E-state index contributed by atoms with van der Waals surface area (Å²) in [6.07, 6.45) is 4.80. The summed E-state index contributed by atoms with van der Waals surface area (Å²) in [5.41, 5.74) is 0.911. The van der Waals surface area contributed by atoms with Gasteiger partial charge < -0.3 is 10.1 Å². The number of thiocarbonyl (C=S) groups is 1. The highest BCUT2D eigenvalue weighted by molar-refractivity contribution is 7.80. The number of hydrogen-bond acceptors (Lipinski definition) is 3. The molecule has 20 heavy (non-hydrogen) atoms. The summed E-state index contributed by atoms with van der Waals surface area (Å²) >= 11 is 4.93. The van der Waals surface area contributed by atoms with Crippen LogP contribution in [0.25, 0.3) is 6.08 Å². The van der Waals surface area contributed by atoms with Gasteiger partial charge in [-0.05, 0) is 42.9 Å². The van der Waals surface area contributed by atoms with Crippen molar-refractivity contribution in [2.24, 2.45) is 0 Å². The van der Waals surface area contributed by atoms with Gasteiger partial charge >= 0.3 is 0 Å². The van der Waals surface area contributed by atoms with Gasteiger partial charge in [0, 0.05) is 12.6 Å². The standard InChI is InChI=1S/C15H18N2O2S/c1-3-11-16-15(20)17-14(18)10-7-12-5-8-13(9-6-12)19-4-2/h3,5-10H,1,4,11H2,2H3,(H2,16,17,18,20)/b10-7+. The fourth-order valence-electron chi connectivity index (χ4n) is 1.38. The minimum Gasteiger partial charge on any atom is -0.494 e. The smallest absolute Gasteiger partial charge is 0.250 e. The molecule has 4 nitrogen and oxygen atoms in total. The van der Waals surface area contributed by atoms with Crippen molar-refractivity contribution in [3.8, 4) is 5.75 Å². The first-order valence-electron chi connectivity index (χ1n) is 6.26. The fourth-order valence-corrected chi connectivity index (χ4v) is 1.56. The monoisotopic (exact) mass is 290 g/mol. The molecule has 0 atom stereocenters. The van der Waals surface area contributed by atoms with Gasteiger partial charge in [0.25, 0.3) is 0 Å². The first kappa shape index (κ1) is 15.9. The average molecular weight is 290 g/mol. The Morgan fingerprint density at radius 1 is 1.40 bits per heavy atom. The third-order valence-electron chi connectivity index (χ3n) is 2.26. The van der Waals surface area contributed by atoms with Crippen molar-refractivity contribution in [1.29, 1.82) is 0 Å². The Morgan fingerprint density at radius 3 is 2.70 bits per heavy atom. The molecule has 0 bridgehead atoms. The fraction of sp³-hybridized carbons (Fsp3) is 0.200. The van der Waals surface area contributed by atoms with Gasteiger partial charge in [0.2, 0.25) is 5.91 Å². The van der Waals surface area contributed by atoms with Crippen molar-refractivity contribution in [3.63, 3.8) is 0 Å². The van der Waals surface area contributed by atoms with E-state index < -0.39 is 0 Å². The first-order valence-corrected chi connectivity index (χ1v) is 6.67. The van der Waals surface area contributed by atoms with Gasteiger partial charge in [-0.3, -0.25) is 10.1 Å². The molecule has 0 heterocycles. The van der Waals surface area contributed by atoms with Crippen LogP contribution in [0.1, 0.15) is 12.5 Å². The Hall–Kier alpha value is -2.14. The molecule has 0 aliphatic heterocycles. The van der Waals surface area contributed by atoms with E-state index in [1.165, 1.54) is 6.08 Å². The molecule has 0 fully saturated rings. The van der Waals surface area contributed by atoms with Gasteiger partial charge in [-0.2, -0.15) is 0 Å². The highest BCUT2D eigenvalue weighted by atomic mass is 32.1. The third-order valence-corrected chi connectivity index (χ3v) is 2.51. The van der Waals surface area contributed by atoms with Crippen molar-refractivity contribution in [1.82, 2.24) is 10.6 Å². The SMILES string of the molecule is C=CCNC(=S)NC(=O)/C=C/c1ccc(OCC)cc1. The van der Waals surface area contributed by atoms with E-state index in [4.69, 9.17) is 17.0 Å². The van der Waals surface area contributed by atoms with Crippen LogP contribution in [-0.4, -0.2) is 24.2 Å². The minimum atomic E-state index is -0.277. The lowest BCUT2D eigenvalue weighted by Crippen LogP contribution is -2.38. The maximum atomic E-state index is 11.6. The van der Waals surface area contributed by atoms with Crippen LogP contribution in [0.2, 0.25) is 0 Å². The summed E-state index contributed by atoms with van der Waals surface area (Å²) in [7, 11) is 0. The Balaban J connectivity index is 2.48. The van der Waals surface area contributed by atoms with Crippen molar-refractivity contribution >= 4 is 29.3 Å². The molecular formula is C15H18N2O2S. The number of nitrogens with one attached hydrogen (secondary N) is 2. The van der Waals surface area contributed by atoms with Crippen molar-refractivity contribution in [2.75, 3.05) is 13.2 Å². The molecular weight excluding hydrogens is 272 g/mol. The number of hydrogen-bond donors (Lipinski definition) is 2. The topological polar surface area (TPSA) is 50.4 Å². The van der Waals surface area contributed by atoms with Crippen LogP contribution in [0.3, 0.4) is 0 Å². The van der Waals surface area contributed by atoms with Crippen LogP contribution >= 0.6 is 12.2 Å². The first-order chi connectivity index (χ1) is 9.65. The van der Waals surface area contributed by atoms with E-state index in [1.54, 1.807) is 12.2 Å². The number of rotatable bonds is 6. The lowest BCUT2D eigenvalue weighted by Gasteiger charge is -2.05. The molecule has 5 heteroatoms. The van der Waals surface area contributed by atoms with E-state index in [0.29, 0.717) is 13.2 Å². The lowest BCUT2D eigenvalue weighted by atomic mass is 10.2. The van der Waals surface area contributed by atoms with Crippen LogP contribution in [-0.2, 0) is 4.79 Å². The van der Waals surface area contributed by atoms with Crippen LogP contribution in [0.4, 0.5) is 0 Å². The molecule has 1 rings (SSSR count). The van der Waals surface area contributed by atoms with Crippen LogP contribution in [0, 0.1) is 0 Å². The quantitative estimate of drug-likeness (QED) is 0.479. The third kappa shape index (κ3) is 6.15. The molecule has 0 aliphatic carbocycles. The summed E-state index contributed by atoms with van der Waals surface area (Å²) < 4.78 is 5.34. The largest absolute Gasteiger partial charge is 0.494 e. The zero-order chi connectivity index (χ0) is 14.8. The molecule has 106 valence electrons. The van der Waals surface area contributed by atoms with E-state index in [9.17, 15) is 4.79 Å². The molecule has 0 aliphatic rings. The average Bonchev–Trinajstić information content (AvgIpc) is 2.45. The second kappa shape index (κ2) is 8.87. The molecule has 2 N–H and O–H groups in total. The minimum absolute atomic E-state index is 0.277. The number of benzene rings is 1. The predicted molar refractivity (Wildman–Crippen MR) is 85.6 cm³/mol. The number of amides is 1. The Kier molecular flexibility index (Phi) is 7.06.